The average Bonchev–Trinajstić information content (AvgIpc) is 3.02. The Kier molecular flexibility index (Phi) is 5.19. The molecule has 1 aromatic heterocycles. The molecular formula is C16H20N4O2S. The highest BCUT2D eigenvalue weighted by Gasteiger charge is 2.21. The molecule has 0 radical (unpaired) electrons. The minimum atomic E-state index is 0.0227. The summed E-state index contributed by atoms with van der Waals surface area (Å²) in [6.07, 6.45) is 2.64. The third-order valence-corrected chi connectivity index (χ3v) is 4.69. The normalized spacial score (nSPS) is 17.7. The van der Waals surface area contributed by atoms with Crippen LogP contribution in [0.25, 0.3) is 0 Å². The Labute approximate surface area is 139 Å². The number of aromatic nitrogens is 2. The number of amides is 1. The zero-order valence-corrected chi connectivity index (χ0v) is 13.9. The molecular weight excluding hydrogens is 312 g/mol. The lowest BCUT2D eigenvalue weighted by Crippen LogP contribution is -2.37. The zero-order valence-electron chi connectivity index (χ0n) is 13.0. The molecule has 2 heterocycles. The summed E-state index contributed by atoms with van der Waals surface area (Å²) in [5.41, 5.74) is 1.11. The van der Waals surface area contributed by atoms with Gasteiger partial charge in [-0.15, -0.1) is 10.2 Å². The van der Waals surface area contributed by atoms with Gasteiger partial charge in [0.1, 0.15) is 10.8 Å². The molecule has 0 bridgehead atoms. The van der Waals surface area contributed by atoms with Crippen molar-refractivity contribution in [1.82, 2.24) is 15.5 Å². The number of carbonyl (C=O) groups is 1. The minimum absolute atomic E-state index is 0.0227. The first kappa shape index (κ1) is 15.9. The maximum atomic E-state index is 12.2. The van der Waals surface area contributed by atoms with Crippen molar-refractivity contribution < 1.29 is 9.53 Å². The summed E-state index contributed by atoms with van der Waals surface area (Å²) >= 11 is 1.42. The van der Waals surface area contributed by atoms with Crippen LogP contribution in [0, 0.1) is 5.92 Å². The summed E-state index contributed by atoms with van der Waals surface area (Å²) < 4.78 is 5.22. The second-order valence-corrected chi connectivity index (χ2v) is 6.62. The third kappa shape index (κ3) is 4.27. The maximum absolute atomic E-state index is 12.2. The second-order valence-electron chi connectivity index (χ2n) is 5.56. The zero-order chi connectivity index (χ0) is 16.1. The highest BCUT2D eigenvalue weighted by atomic mass is 32.1. The van der Waals surface area contributed by atoms with E-state index >= 15 is 0 Å². The fourth-order valence-corrected chi connectivity index (χ4v) is 3.39. The molecule has 1 aromatic carbocycles. The van der Waals surface area contributed by atoms with Crippen molar-refractivity contribution in [3.63, 3.8) is 0 Å². The van der Waals surface area contributed by atoms with Gasteiger partial charge in [-0.3, -0.25) is 4.79 Å². The summed E-state index contributed by atoms with van der Waals surface area (Å²) in [4.78, 5) is 12.2. The van der Waals surface area contributed by atoms with Gasteiger partial charge in [-0.25, -0.2) is 0 Å². The largest absolute Gasteiger partial charge is 0.497 e. The van der Waals surface area contributed by atoms with Gasteiger partial charge in [-0.05, 0) is 37.1 Å². The molecule has 2 aromatic rings. The number of rotatable bonds is 5. The van der Waals surface area contributed by atoms with Crippen molar-refractivity contribution in [2.24, 2.45) is 5.92 Å². The number of carbonyl (C=O) groups excluding carboxylic acids is 1. The van der Waals surface area contributed by atoms with Crippen molar-refractivity contribution in [3.8, 4) is 5.75 Å². The van der Waals surface area contributed by atoms with Crippen LogP contribution in [0.5, 0.6) is 5.75 Å². The van der Waals surface area contributed by atoms with E-state index in [4.69, 9.17) is 4.74 Å². The van der Waals surface area contributed by atoms with Crippen LogP contribution < -0.4 is 15.4 Å². The summed E-state index contributed by atoms with van der Waals surface area (Å²) in [5, 5.41) is 15.8. The molecule has 0 spiro atoms. The minimum Gasteiger partial charge on any atom is -0.497 e. The van der Waals surface area contributed by atoms with Crippen LogP contribution in [0.15, 0.2) is 24.3 Å². The molecule has 7 heteroatoms. The SMILES string of the molecule is COc1cccc(Cc2nnc(NC(=O)C3CCCNC3)s2)c1. The van der Waals surface area contributed by atoms with E-state index in [1.807, 2.05) is 24.3 Å². The van der Waals surface area contributed by atoms with E-state index in [0.717, 1.165) is 42.3 Å². The lowest BCUT2D eigenvalue weighted by atomic mass is 9.99. The molecule has 1 atom stereocenters. The van der Waals surface area contributed by atoms with Crippen LogP contribution in [0.2, 0.25) is 0 Å². The first-order valence-corrected chi connectivity index (χ1v) is 8.53. The van der Waals surface area contributed by atoms with Crippen LogP contribution in [-0.4, -0.2) is 36.3 Å². The van der Waals surface area contributed by atoms with Gasteiger partial charge in [-0.2, -0.15) is 0 Å². The van der Waals surface area contributed by atoms with E-state index in [-0.39, 0.29) is 11.8 Å². The molecule has 122 valence electrons. The van der Waals surface area contributed by atoms with E-state index in [2.05, 4.69) is 20.8 Å². The quantitative estimate of drug-likeness (QED) is 0.877. The lowest BCUT2D eigenvalue weighted by molar-refractivity contribution is -0.120. The standard InChI is InChI=1S/C16H20N4O2S/c1-22-13-6-2-4-11(8-13)9-14-19-20-16(23-14)18-15(21)12-5-3-7-17-10-12/h2,4,6,8,12,17H,3,5,7,9-10H2,1H3,(H,18,20,21). The molecule has 0 aliphatic carbocycles. The van der Waals surface area contributed by atoms with Gasteiger partial charge in [0.15, 0.2) is 0 Å². The summed E-state index contributed by atoms with van der Waals surface area (Å²) in [6, 6.07) is 7.87. The molecule has 1 aliphatic heterocycles. The third-order valence-electron chi connectivity index (χ3n) is 3.85. The van der Waals surface area contributed by atoms with Crippen molar-refractivity contribution in [2.75, 3.05) is 25.5 Å². The van der Waals surface area contributed by atoms with Gasteiger partial charge in [0.05, 0.1) is 13.0 Å². The molecule has 1 saturated heterocycles. The Morgan fingerprint density at radius 2 is 2.39 bits per heavy atom. The number of piperidine rings is 1. The monoisotopic (exact) mass is 332 g/mol. The number of hydrogen-bond acceptors (Lipinski definition) is 6. The van der Waals surface area contributed by atoms with E-state index in [0.29, 0.717) is 11.6 Å². The number of methoxy groups -OCH3 is 1. The molecule has 1 fully saturated rings. The molecule has 0 saturated carbocycles. The average molecular weight is 332 g/mol. The number of hydrogen-bond donors (Lipinski definition) is 2. The smallest absolute Gasteiger partial charge is 0.230 e. The number of anilines is 1. The van der Waals surface area contributed by atoms with E-state index in [1.165, 1.54) is 11.3 Å². The first-order chi connectivity index (χ1) is 11.2. The summed E-state index contributed by atoms with van der Waals surface area (Å²) in [7, 11) is 1.65. The molecule has 23 heavy (non-hydrogen) atoms. The number of nitrogens with zero attached hydrogens (tertiary/aromatic N) is 2. The predicted octanol–water partition coefficient (Wildman–Crippen LogP) is 2.08. The van der Waals surface area contributed by atoms with Crippen molar-refractivity contribution >= 4 is 22.4 Å². The topological polar surface area (TPSA) is 76.1 Å². The fourth-order valence-electron chi connectivity index (χ4n) is 2.62. The van der Waals surface area contributed by atoms with Crippen LogP contribution in [0.4, 0.5) is 5.13 Å². The van der Waals surface area contributed by atoms with Crippen molar-refractivity contribution in [1.29, 1.82) is 0 Å². The highest BCUT2D eigenvalue weighted by molar-refractivity contribution is 7.15. The van der Waals surface area contributed by atoms with E-state index < -0.39 is 0 Å². The molecule has 2 N–H and O–H groups in total. The first-order valence-electron chi connectivity index (χ1n) is 7.71. The van der Waals surface area contributed by atoms with Gasteiger partial charge in [-0.1, -0.05) is 23.5 Å². The highest BCUT2D eigenvalue weighted by Crippen LogP contribution is 2.22. The maximum Gasteiger partial charge on any atom is 0.230 e. The van der Waals surface area contributed by atoms with Gasteiger partial charge in [0.25, 0.3) is 0 Å². The lowest BCUT2D eigenvalue weighted by Gasteiger charge is -2.21. The summed E-state index contributed by atoms with van der Waals surface area (Å²) in [6.45, 7) is 1.73. The molecule has 1 aliphatic rings. The van der Waals surface area contributed by atoms with Gasteiger partial charge in [0, 0.05) is 13.0 Å². The Bertz CT molecular complexity index is 668. The van der Waals surface area contributed by atoms with Crippen molar-refractivity contribution in [2.45, 2.75) is 19.3 Å². The molecule has 1 unspecified atom stereocenters. The predicted molar refractivity (Wildman–Crippen MR) is 89.9 cm³/mol. The van der Waals surface area contributed by atoms with Gasteiger partial charge < -0.3 is 15.4 Å². The van der Waals surface area contributed by atoms with E-state index in [9.17, 15) is 4.79 Å². The Balaban J connectivity index is 1.60. The Morgan fingerprint density at radius 3 is 3.17 bits per heavy atom. The fraction of sp³-hybridized carbons (Fsp3) is 0.438. The molecule has 6 nitrogen and oxygen atoms in total. The number of ether oxygens (including phenoxy) is 1. The van der Waals surface area contributed by atoms with Crippen molar-refractivity contribution in [3.05, 3.63) is 34.8 Å². The van der Waals surface area contributed by atoms with Crippen LogP contribution in [-0.2, 0) is 11.2 Å². The molecule has 3 rings (SSSR count). The Morgan fingerprint density at radius 1 is 1.48 bits per heavy atom. The van der Waals surface area contributed by atoms with E-state index in [1.54, 1.807) is 7.11 Å². The van der Waals surface area contributed by atoms with Crippen LogP contribution in [0.1, 0.15) is 23.4 Å². The summed E-state index contributed by atoms with van der Waals surface area (Å²) in [5.74, 6) is 0.876. The van der Waals surface area contributed by atoms with Crippen LogP contribution >= 0.6 is 11.3 Å². The van der Waals surface area contributed by atoms with Gasteiger partial charge >= 0.3 is 0 Å². The van der Waals surface area contributed by atoms with Gasteiger partial charge in [0.2, 0.25) is 11.0 Å². The Hall–Kier alpha value is -1.99. The number of benzene rings is 1. The van der Waals surface area contributed by atoms with Crippen LogP contribution in [0.3, 0.4) is 0 Å². The number of nitrogens with one attached hydrogen (secondary N) is 2. The molecule has 1 amide bonds. The second kappa shape index (κ2) is 7.52.